The molecule has 5 heteroatoms. The Morgan fingerprint density at radius 1 is 0.968 bits per heavy atom. The maximum absolute atomic E-state index is 4.76. The topological polar surface area (TPSA) is 45.5 Å². The van der Waals surface area contributed by atoms with Crippen LogP contribution in [0.25, 0.3) is 11.1 Å². The van der Waals surface area contributed by atoms with Gasteiger partial charge in [-0.05, 0) is 55.7 Å². The fourth-order valence-electron chi connectivity index (χ4n) is 5.28. The fraction of sp³-hybridized carbons (Fsp3) is 0.385. The summed E-state index contributed by atoms with van der Waals surface area (Å²) in [5.74, 6) is 2.07. The number of aromatic nitrogens is 2. The van der Waals surface area contributed by atoms with Gasteiger partial charge in [0.1, 0.15) is 11.9 Å². The largest absolute Gasteiger partial charge is 0.364 e. The molecule has 3 unspecified atom stereocenters. The molecule has 0 radical (unpaired) electrons. The van der Waals surface area contributed by atoms with Crippen molar-refractivity contribution in [3.8, 4) is 11.1 Å². The lowest BCUT2D eigenvalue weighted by Crippen LogP contribution is -3.11. The smallest absolute Gasteiger partial charge is 0.226 e. The lowest BCUT2D eigenvalue weighted by atomic mass is 10.1. The molecule has 0 saturated carbocycles. The molecule has 4 atom stereocenters. The van der Waals surface area contributed by atoms with Gasteiger partial charge in [-0.15, -0.1) is 0 Å². The van der Waals surface area contributed by atoms with Crippen molar-refractivity contribution >= 4 is 11.6 Å². The highest BCUT2D eigenvalue weighted by Crippen LogP contribution is 2.27. The average Bonchev–Trinajstić information content (AvgIpc) is 3.41. The Balaban J connectivity index is 1.33. The lowest BCUT2D eigenvalue weighted by Gasteiger charge is -2.33. The Hall–Kier alpha value is -2.76. The van der Waals surface area contributed by atoms with Gasteiger partial charge in [0, 0.05) is 37.0 Å². The van der Waals surface area contributed by atoms with E-state index in [0.717, 1.165) is 12.4 Å². The number of hydrogen-bond acceptors (Lipinski definition) is 4. The summed E-state index contributed by atoms with van der Waals surface area (Å²) in [6.07, 6.45) is 5.14. The van der Waals surface area contributed by atoms with Gasteiger partial charge in [-0.3, -0.25) is 9.80 Å². The number of benzene rings is 1. The molecule has 1 aromatic carbocycles. The first-order valence-corrected chi connectivity index (χ1v) is 11.4. The molecule has 31 heavy (non-hydrogen) atoms. The van der Waals surface area contributed by atoms with Gasteiger partial charge in [0.15, 0.2) is 0 Å². The minimum absolute atomic E-state index is 0.199. The summed E-state index contributed by atoms with van der Waals surface area (Å²) in [6.45, 7) is 9.14. The summed E-state index contributed by atoms with van der Waals surface area (Å²) in [6, 6.07) is 21.3. The van der Waals surface area contributed by atoms with Crippen LogP contribution in [0, 0.1) is 0 Å². The molecule has 2 saturated heterocycles. The number of quaternary nitrogens is 1. The maximum Gasteiger partial charge on any atom is 0.226 e. The number of likely N-dealkylation sites (tertiary alicyclic amines) is 1. The summed E-state index contributed by atoms with van der Waals surface area (Å²) in [5, 5.41) is 3.54. The number of rotatable bonds is 6. The number of fused-ring (bicyclic) bond motifs is 2. The van der Waals surface area contributed by atoms with E-state index in [1.54, 1.807) is 4.90 Å². The second kappa shape index (κ2) is 8.40. The zero-order chi connectivity index (χ0) is 21.4. The van der Waals surface area contributed by atoms with Gasteiger partial charge in [0.25, 0.3) is 0 Å². The third-order valence-electron chi connectivity index (χ3n) is 6.91. The molecule has 5 rings (SSSR count). The van der Waals surface area contributed by atoms with Crippen molar-refractivity contribution in [1.29, 1.82) is 0 Å². The molecule has 2 aromatic heterocycles. The summed E-state index contributed by atoms with van der Waals surface area (Å²) in [7, 11) is 0. The molecule has 4 heterocycles. The van der Waals surface area contributed by atoms with Crippen LogP contribution in [0.5, 0.6) is 0 Å². The minimum atomic E-state index is 0.199. The Bertz CT molecular complexity index is 1030. The number of nitrogens with one attached hydrogen (secondary N) is 2. The van der Waals surface area contributed by atoms with Crippen LogP contribution >= 0.6 is 0 Å². The monoisotopic (exact) mass is 414 g/mol. The van der Waals surface area contributed by atoms with Crippen molar-refractivity contribution in [2.24, 2.45) is 0 Å². The van der Waals surface area contributed by atoms with Gasteiger partial charge in [-0.1, -0.05) is 30.3 Å². The second-order valence-corrected chi connectivity index (χ2v) is 9.24. The first-order valence-electron chi connectivity index (χ1n) is 11.4. The van der Waals surface area contributed by atoms with E-state index < -0.39 is 0 Å². The number of pyridine rings is 2. The predicted octanol–water partition coefficient (Wildman–Crippen LogP) is 3.70. The zero-order valence-electron chi connectivity index (χ0n) is 18.6. The van der Waals surface area contributed by atoms with Crippen molar-refractivity contribution in [3.63, 3.8) is 0 Å². The quantitative estimate of drug-likeness (QED) is 0.646. The van der Waals surface area contributed by atoms with E-state index in [0.29, 0.717) is 18.1 Å². The first kappa shape index (κ1) is 20.2. The van der Waals surface area contributed by atoms with Crippen molar-refractivity contribution in [1.82, 2.24) is 14.9 Å². The van der Waals surface area contributed by atoms with E-state index in [1.807, 2.05) is 18.5 Å². The lowest BCUT2D eigenvalue weighted by molar-refractivity contribution is -0.853. The van der Waals surface area contributed by atoms with Crippen LogP contribution in [-0.2, 0) is 0 Å². The third-order valence-corrected chi connectivity index (χ3v) is 6.91. The average molecular weight is 415 g/mol. The minimum Gasteiger partial charge on any atom is -0.364 e. The van der Waals surface area contributed by atoms with Crippen LogP contribution in [0.1, 0.15) is 38.8 Å². The van der Waals surface area contributed by atoms with Crippen LogP contribution < -0.4 is 10.2 Å². The zero-order valence-corrected chi connectivity index (χ0v) is 18.6. The van der Waals surface area contributed by atoms with E-state index in [4.69, 9.17) is 4.98 Å². The van der Waals surface area contributed by atoms with Crippen molar-refractivity contribution in [3.05, 3.63) is 72.6 Å². The Kier molecular flexibility index (Phi) is 5.47. The maximum atomic E-state index is 4.76. The van der Waals surface area contributed by atoms with Crippen LogP contribution in [-0.4, -0.2) is 46.1 Å². The van der Waals surface area contributed by atoms with Gasteiger partial charge >= 0.3 is 0 Å². The Morgan fingerprint density at radius 2 is 1.71 bits per heavy atom. The highest BCUT2D eigenvalue weighted by Gasteiger charge is 2.48. The van der Waals surface area contributed by atoms with Crippen LogP contribution in [0.2, 0.25) is 0 Å². The normalized spacial score (nSPS) is 23.9. The van der Waals surface area contributed by atoms with Crippen molar-refractivity contribution < 1.29 is 4.90 Å². The number of hydrogen-bond donors (Lipinski definition) is 2. The van der Waals surface area contributed by atoms with Gasteiger partial charge in [-0.25, -0.2) is 9.97 Å². The summed E-state index contributed by atoms with van der Waals surface area (Å²) >= 11 is 0. The predicted molar refractivity (Wildman–Crippen MR) is 125 cm³/mol. The molecule has 160 valence electrons. The molecule has 3 aromatic rings. The fourth-order valence-corrected chi connectivity index (χ4v) is 5.28. The summed E-state index contributed by atoms with van der Waals surface area (Å²) in [5.41, 5.74) is 3.64. The molecular formula is C26H32N5+. The van der Waals surface area contributed by atoms with E-state index >= 15 is 0 Å². The number of piperazine rings is 1. The van der Waals surface area contributed by atoms with E-state index in [-0.39, 0.29) is 6.04 Å². The van der Waals surface area contributed by atoms with Gasteiger partial charge < -0.3 is 5.32 Å². The second-order valence-electron chi connectivity index (χ2n) is 9.24. The summed E-state index contributed by atoms with van der Waals surface area (Å²) < 4.78 is 0. The first-order chi connectivity index (χ1) is 15.1. The third kappa shape index (κ3) is 4.08. The van der Waals surface area contributed by atoms with Gasteiger partial charge in [-0.2, -0.15) is 0 Å². The van der Waals surface area contributed by atoms with E-state index in [9.17, 15) is 0 Å². The molecule has 2 fully saturated rings. The Morgan fingerprint density at radius 3 is 2.42 bits per heavy atom. The molecule has 2 N–H and O–H groups in total. The molecule has 2 aliphatic rings. The standard InChI is InChI=1S/C26H31N5/c1-18(2)30-16-24-15-23(30)17-31(24)26-14-22(10-12-28-26)21-9-11-27-25(13-21)29-19(3)20-7-5-4-6-8-20/h4-14,18-19,23-24H,15-17H2,1-3H3,(H,27,29)/p+1/t19-,23?,24?/m0/s1. The van der Waals surface area contributed by atoms with Crippen LogP contribution in [0.3, 0.4) is 0 Å². The van der Waals surface area contributed by atoms with Crippen molar-refractivity contribution in [2.45, 2.75) is 51.4 Å². The van der Waals surface area contributed by atoms with Crippen LogP contribution in [0.15, 0.2) is 67.0 Å². The highest BCUT2D eigenvalue weighted by molar-refractivity contribution is 5.67. The number of nitrogens with zero attached hydrogens (tertiary/aromatic N) is 3. The summed E-state index contributed by atoms with van der Waals surface area (Å²) in [4.78, 5) is 13.5. The van der Waals surface area contributed by atoms with Gasteiger partial charge in [0.05, 0.1) is 19.1 Å². The van der Waals surface area contributed by atoms with E-state index in [2.05, 4.69) is 84.5 Å². The molecule has 2 bridgehead atoms. The highest BCUT2D eigenvalue weighted by atomic mass is 15.4. The SMILES string of the molecule is CC(C)N1CC2CC1C[NH+]2c1cc(-c2ccnc(N[C@@H](C)c3ccccc3)c2)ccn1. The molecule has 5 nitrogen and oxygen atoms in total. The molecule has 0 aliphatic carbocycles. The van der Waals surface area contributed by atoms with Gasteiger partial charge in [0.2, 0.25) is 5.82 Å². The molecule has 0 spiro atoms. The Labute approximate surface area is 185 Å². The number of anilines is 1. The molecular weight excluding hydrogens is 382 g/mol. The molecule has 0 amide bonds. The van der Waals surface area contributed by atoms with Crippen LogP contribution in [0.4, 0.5) is 11.6 Å². The van der Waals surface area contributed by atoms with E-state index in [1.165, 1.54) is 35.5 Å². The van der Waals surface area contributed by atoms with Crippen molar-refractivity contribution in [2.75, 3.05) is 18.4 Å². The molecule has 2 aliphatic heterocycles.